The highest BCUT2D eigenvalue weighted by Gasteiger charge is 2.31. The van der Waals surface area contributed by atoms with Crippen LogP contribution in [0, 0.1) is 0 Å². The van der Waals surface area contributed by atoms with E-state index in [1.54, 1.807) is 6.20 Å². The fraction of sp³-hybridized carbons (Fsp3) is 0.545. The molecule has 0 radical (unpaired) electrons. The molecule has 1 aromatic heterocycles. The molecule has 104 valence electrons. The lowest BCUT2D eigenvalue weighted by Crippen LogP contribution is -2.46. The average molecular weight is 348 g/mol. The molecule has 1 aromatic rings. The molecule has 2 heterocycles. The van der Waals surface area contributed by atoms with E-state index in [9.17, 15) is 14.7 Å². The molecule has 0 aromatic carbocycles. The summed E-state index contributed by atoms with van der Waals surface area (Å²) in [6.45, 7) is 0.468. The number of aliphatic carboxylic acids is 1. The molecule has 0 saturated carbocycles. The van der Waals surface area contributed by atoms with Crippen LogP contribution in [0.3, 0.4) is 0 Å². The molecule has 1 saturated heterocycles. The molecule has 0 bridgehead atoms. The summed E-state index contributed by atoms with van der Waals surface area (Å²) in [5.41, 5.74) is 0. The van der Waals surface area contributed by atoms with Crippen molar-refractivity contribution in [3.63, 3.8) is 0 Å². The number of amides is 2. The van der Waals surface area contributed by atoms with Gasteiger partial charge in [0.2, 0.25) is 0 Å². The van der Waals surface area contributed by atoms with Crippen molar-refractivity contribution in [2.45, 2.75) is 31.7 Å². The van der Waals surface area contributed by atoms with Crippen LogP contribution in [-0.4, -0.2) is 39.6 Å². The van der Waals surface area contributed by atoms with Gasteiger partial charge in [0, 0.05) is 6.54 Å². The fourth-order valence-electron chi connectivity index (χ4n) is 2.08. The van der Waals surface area contributed by atoms with E-state index in [1.807, 2.05) is 0 Å². The van der Waals surface area contributed by atoms with Gasteiger partial charge in [0.1, 0.15) is 6.04 Å². The molecule has 19 heavy (non-hydrogen) atoms. The number of nitrogens with one attached hydrogen (secondary N) is 1. The lowest BCUT2D eigenvalue weighted by molar-refractivity contribution is -0.142. The van der Waals surface area contributed by atoms with Gasteiger partial charge in [-0.25, -0.2) is 14.6 Å². The van der Waals surface area contributed by atoms with Crippen LogP contribution in [0.25, 0.3) is 0 Å². The van der Waals surface area contributed by atoms with Gasteiger partial charge in [-0.2, -0.15) is 0 Å². The van der Waals surface area contributed by atoms with E-state index >= 15 is 0 Å². The molecular weight excluding hydrogens is 334 g/mol. The Morgan fingerprint density at radius 3 is 2.89 bits per heavy atom. The van der Waals surface area contributed by atoms with Gasteiger partial charge in [-0.15, -0.1) is 0 Å². The highest BCUT2D eigenvalue weighted by atomic mass is 79.9. The first kappa shape index (κ1) is 14.3. The molecule has 1 aliphatic heterocycles. The Balaban J connectivity index is 2.08. The van der Waals surface area contributed by atoms with Crippen molar-refractivity contribution in [2.24, 2.45) is 0 Å². The molecule has 0 aliphatic carbocycles. The number of aromatic nitrogens is 1. The van der Waals surface area contributed by atoms with Crippen LogP contribution in [0.1, 0.15) is 25.7 Å². The van der Waals surface area contributed by atoms with Gasteiger partial charge in [-0.3, -0.25) is 5.32 Å². The van der Waals surface area contributed by atoms with E-state index < -0.39 is 18.0 Å². The number of hydrogen-bond acceptors (Lipinski definition) is 4. The molecule has 0 spiro atoms. The van der Waals surface area contributed by atoms with Crippen molar-refractivity contribution in [3.05, 3.63) is 9.98 Å². The monoisotopic (exact) mass is 347 g/mol. The number of carboxylic acid groups (broad SMARTS) is 1. The lowest BCUT2D eigenvalue weighted by Gasteiger charge is -2.26. The molecule has 1 atom stereocenters. The van der Waals surface area contributed by atoms with Crippen LogP contribution in [0.15, 0.2) is 9.98 Å². The van der Waals surface area contributed by atoms with Crippen molar-refractivity contribution in [2.75, 3.05) is 11.9 Å². The average Bonchev–Trinajstić information content (AvgIpc) is 2.65. The SMILES string of the molecule is O=C(O)C1CCCCCN1C(=O)Nc1ncc(Br)s1. The molecule has 2 rings (SSSR count). The van der Waals surface area contributed by atoms with E-state index in [1.165, 1.54) is 16.2 Å². The smallest absolute Gasteiger partial charge is 0.326 e. The Morgan fingerprint density at radius 2 is 2.26 bits per heavy atom. The van der Waals surface area contributed by atoms with E-state index in [2.05, 4.69) is 26.2 Å². The van der Waals surface area contributed by atoms with E-state index in [0.29, 0.717) is 18.1 Å². The zero-order valence-corrected chi connectivity index (χ0v) is 12.5. The lowest BCUT2D eigenvalue weighted by atomic mass is 10.1. The number of hydrogen-bond donors (Lipinski definition) is 2. The van der Waals surface area contributed by atoms with Gasteiger partial charge in [0.05, 0.1) is 9.98 Å². The van der Waals surface area contributed by atoms with Crippen molar-refractivity contribution in [3.8, 4) is 0 Å². The van der Waals surface area contributed by atoms with Gasteiger partial charge in [0.15, 0.2) is 5.13 Å². The number of halogens is 1. The first-order chi connectivity index (χ1) is 9.08. The number of nitrogens with zero attached hydrogens (tertiary/aromatic N) is 2. The second kappa shape index (κ2) is 6.33. The highest BCUT2D eigenvalue weighted by Crippen LogP contribution is 2.24. The fourth-order valence-corrected chi connectivity index (χ4v) is 3.18. The molecule has 1 aliphatic rings. The summed E-state index contributed by atoms with van der Waals surface area (Å²) in [7, 11) is 0. The van der Waals surface area contributed by atoms with Crippen LogP contribution in [0.5, 0.6) is 0 Å². The van der Waals surface area contributed by atoms with Crippen molar-refractivity contribution in [1.29, 1.82) is 0 Å². The number of thiazole rings is 1. The van der Waals surface area contributed by atoms with Crippen LogP contribution in [0.4, 0.5) is 9.93 Å². The summed E-state index contributed by atoms with van der Waals surface area (Å²) in [6, 6.07) is -1.14. The van der Waals surface area contributed by atoms with Crippen LogP contribution in [0.2, 0.25) is 0 Å². The van der Waals surface area contributed by atoms with Gasteiger partial charge in [-0.05, 0) is 28.8 Å². The van der Waals surface area contributed by atoms with Gasteiger partial charge in [-0.1, -0.05) is 24.2 Å². The summed E-state index contributed by atoms with van der Waals surface area (Å²) in [4.78, 5) is 28.8. The predicted octanol–water partition coefficient (Wildman–Crippen LogP) is 2.77. The van der Waals surface area contributed by atoms with Crippen LogP contribution >= 0.6 is 27.3 Å². The molecule has 2 amide bonds. The summed E-state index contributed by atoms with van der Waals surface area (Å²) in [5.74, 6) is -0.947. The topological polar surface area (TPSA) is 82.5 Å². The van der Waals surface area contributed by atoms with E-state index in [0.717, 1.165) is 23.0 Å². The zero-order chi connectivity index (χ0) is 13.8. The second-order valence-electron chi connectivity index (χ2n) is 4.30. The van der Waals surface area contributed by atoms with Gasteiger partial charge in [0.25, 0.3) is 0 Å². The zero-order valence-electron chi connectivity index (χ0n) is 10.1. The largest absolute Gasteiger partial charge is 0.480 e. The summed E-state index contributed by atoms with van der Waals surface area (Å²) >= 11 is 4.56. The maximum Gasteiger partial charge on any atom is 0.326 e. The minimum Gasteiger partial charge on any atom is -0.480 e. The first-order valence-corrected chi connectivity index (χ1v) is 7.60. The normalized spacial score (nSPS) is 19.8. The molecule has 6 nitrogen and oxygen atoms in total. The molecule has 1 unspecified atom stereocenters. The number of carbonyl (C=O) groups is 2. The van der Waals surface area contributed by atoms with Crippen LogP contribution in [-0.2, 0) is 4.79 Å². The van der Waals surface area contributed by atoms with Crippen molar-refractivity contribution in [1.82, 2.24) is 9.88 Å². The standard InChI is InChI=1S/C11H14BrN3O3S/c12-8-6-13-10(19-8)14-11(18)15-5-3-1-2-4-7(15)9(16)17/h6-7H,1-5H2,(H,16,17)(H,13,14,18). The first-order valence-electron chi connectivity index (χ1n) is 5.99. The third-order valence-corrected chi connectivity index (χ3v) is 4.38. The molecule has 8 heteroatoms. The second-order valence-corrected chi connectivity index (χ2v) is 6.71. The predicted molar refractivity (Wildman–Crippen MR) is 75.4 cm³/mol. The van der Waals surface area contributed by atoms with Gasteiger partial charge < -0.3 is 10.0 Å². The number of carbonyl (C=O) groups excluding carboxylic acids is 1. The van der Waals surface area contributed by atoms with Crippen molar-refractivity contribution < 1.29 is 14.7 Å². The summed E-state index contributed by atoms with van der Waals surface area (Å²) in [5, 5.41) is 12.3. The summed E-state index contributed by atoms with van der Waals surface area (Å²) in [6.07, 6.45) is 4.72. The number of carboxylic acids is 1. The molecule has 2 N–H and O–H groups in total. The Hall–Kier alpha value is -1.15. The number of anilines is 1. The molecular formula is C11H14BrN3O3S. The Bertz CT molecular complexity index is 480. The van der Waals surface area contributed by atoms with Crippen molar-refractivity contribution >= 4 is 44.4 Å². The quantitative estimate of drug-likeness (QED) is 0.861. The number of urea groups is 1. The van der Waals surface area contributed by atoms with Gasteiger partial charge >= 0.3 is 12.0 Å². The Kier molecular flexibility index (Phi) is 4.76. The highest BCUT2D eigenvalue weighted by molar-refractivity contribution is 9.11. The third-order valence-electron chi connectivity index (χ3n) is 2.99. The van der Waals surface area contributed by atoms with E-state index in [4.69, 9.17) is 0 Å². The third kappa shape index (κ3) is 3.66. The van der Waals surface area contributed by atoms with Crippen LogP contribution < -0.4 is 5.32 Å². The maximum atomic E-state index is 12.1. The maximum absolute atomic E-state index is 12.1. The molecule has 1 fully saturated rings. The van der Waals surface area contributed by atoms with E-state index in [-0.39, 0.29) is 0 Å². The number of likely N-dealkylation sites (tertiary alicyclic amines) is 1. The minimum absolute atomic E-state index is 0.392. The summed E-state index contributed by atoms with van der Waals surface area (Å²) < 4.78 is 0.813. The number of rotatable bonds is 2. The Morgan fingerprint density at radius 1 is 1.47 bits per heavy atom. The minimum atomic E-state index is -0.947. The Labute approximate surface area is 122 Å².